The van der Waals surface area contributed by atoms with Gasteiger partial charge in [-0.15, -0.1) is 0 Å². The minimum Gasteiger partial charge on any atom is -0.320 e. The molecule has 21 heavy (non-hydrogen) atoms. The Morgan fingerprint density at radius 2 is 1.95 bits per heavy atom. The number of para-hydroxylation sites is 1. The van der Waals surface area contributed by atoms with Gasteiger partial charge in [0.25, 0.3) is 11.6 Å². The number of fused-ring (bicyclic) bond motifs is 1. The average Bonchev–Trinajstić information content (AvgIpc) is 2.81. The SMILES string of the molecule is O=C1Nc2ccccc2/C1=N/Nc1cccc([N+](=O)[O-])c1. The highest BCUT2D eigenvalue weighted by Crippen LogP contribution is 2.23. The summed E-state index contributed by atoms with van der Waals surface area (Å²) in [6.07, 6.45) is 0. The molecule has 0 aromatic heterocycles. The molecule has 0 atom stereocenters. The summed E-state index contributed by atoms with van der Waals surface area (Å²) in [4.78, 5) is 22.1. The predicted molar refractivity (Wildman–Crippen MR) is 78.3 cm³/mol. The van der Waals surface area contributed by atoms with Gasteiger partial charge in [-0.3, -0.25) is 20.3 Å². The van der Waals surface area contributed by atoms with Crippen molar-refractivity contribution in [1.29, 1.82) is 0 Å². The van der Waals surface area contributed by atoms with Crippen LogP contribution in [0, 0.1) is 10.1 Å². The molecular weight excluding hydrogens is 272 g/mol. The van der Waals surface area contributed by atoms with Gasteiger partial charge >= 0.3 is 0 Å². The van der Waals surface area contributed by atoms with Gasteiger partial charge in [0, 0.05) is 17.7 Å². The van der Waals surface area contributed by atoms with Crippen LogP contribution in [0.2, 0.25) is 0 Å². The Bertz CT molecular complexity index is 770. The van der Waals surface area contributed by atoms with E-state index in [1.807, 2.05) is 12.1 Å². The molecule has 7 nitrogen and oxygen atoms in total. The second kappa shape index (κ2) is 5.04. The van der Waals surface area contributed by atoms with Crippen molar-refractivity contribution in [3.05, 3.63) is 64.2 Å². The number of non-ortho nitro benzene ring substituents is 1. The maximum atomic E-state index is 11.8. The largest absolute Gasteiger partial charge is 0.320 e. The van der Waals surface area contributed by atoms with E-state index in [1.165, 1.54) is 12.1 Å². The van der Waals surface area contributed by atoms with Crippen LogP contribution in [0.3, 0.4) is 0 Å². The number of benzene rings is 2. The zero-order valence-corrected chi connectivity index (χ0v) is 10.7. The third-order valence-corrected chi connectivity index (χ3v) is 3.00. The van der Waals surface area contributed by atoms with Crippen LogP contribution in [0.1, 0.15) is 5.56 Å². The number of rotatable bonds is 3. The molecule has 1 aliphatic heterocycles. The number of carbonyl (C=O) groups is 1. The molecule has 0 bridgehead atoms. The predicted octanol–water partition coefficient (Wildman–Crippen LogP) is 2.36. The Hall–Kier alpha value is -3.22. The smallest absolute Gasteiger partial charge is 0.276 e. The molecule has 0 saturated carbocycles. The van der Waals surface area contributed by atoms with Gasteiger partial charge in [-0.2, -0.15) is 5.10 Å². The summed E-state index contributed by atoms with van der Waals surface area (Å²) >= 11 is 0. The van der Waals surface area contributed by atoms with Crippen molar-refractivity contribution < 1.29 is 9.72 Å². The van der Waals surface area contributed by atoms with Crippen molar-refractivity contribution in [1.82, 2.24) is 0 Å². The van der Waals surface area contributed by atoms with E-state index in [1.54, 1.807) is 24.3 Å². The molecule has 0 fully saturated rings. The van der Waals surface area contributed by atoms with Crippen LogP contribution >= 0.6 is 0 Å². The Morgan fingerprint density at radius 1 is 1.14 bits per heavy atom. The fraction of sp³-hybridized carbons (Fsp3) is 0. The number of anilines is 2. The highest BCUT2D eigenvalue weighted by Gasteiger charge is 2.25. The lowest BCUT2D eigenvalue weighted by molar-refractivity contribution is -0.384. The molecule has 1 heterocycles. The van der Waals surface area contributed by atoms with Crippen molar-refractivity contribution in [2.24, 2.45) is 5.10 Å². The van der Waals surface area contributed by atoms with E-state index >= 15 is 0 Å². The highest BCUT2D eigenvalue weighted by molar-refractivity contribution is 6.53. The van der Waals surface area contributed by atoms with Crippen LogP contribution in [0.25, 0.3) is 0 Å². The molecule has 0 spiro atoms. The molecule has 2 aromatic carbocycles. The number of hydrogen-bond acceptors (Lipinski definition) is 5. The van der Waals surface area contributed by atoms with E-state index in [-0.39, 0.29) is 17.3 Å². The molecule has 0 unspecified atom stereocenters. The summed E-state index contributed by atoms with van der Waals surface area (Å²) in [5.74, 6) is -0.311. The van der Waals surface area contributed by atoms with Crippen molar-refractivity contribution >= 4 is 28.7 Å². The first-order valence-corrected chi connectivity index (χ1v) is 6.14. The number of nitrogens with one attached hydrogen (secondary N) is 2. The first-order valence-electron chi connectivity index (χ1n) is 6.14. The molecule has 104 valence electrons. The summed E-state index contributed by atoms with van der Waals surface area (Å²) in [6.45, 7) is 0. The van der Waals surface area contributed by atoms with E-state index in [0.717, 1.165) is 0 Å². The third kappa shape index (κ3) is 2.44. The molecule has 0 aliphatic carbocycles. The molecule has 0 radical (unpaired) electrons. The molecule has 3 rings (SSSR count). The number of carbonyl (C=O) groups excluding carboxylic acids is 1. The Morgan fingerprint density at radius 3 is 2.76 bits per heavy atom. The molecule has 0 saturated heterocycles. The number of nitro groups is 1. The first kappa shape index (κ1) is 12.8. The number of hydrogen-bond donors (Lipinski definition) is 2. The van der Waals surface area contributed by atoms with Crippen LogP contribution < -0.4 is 10.7 Å². The van der Waals surface area contributed by atoms with E-state index in [0.29, 0.717) is 16.9 Å². The third-order valence-electron chi connectivity index (χ3n) is 3.00. The monoisotopic (exact) mass is 282 g/mol. The van der Waals surface area contributed by atoms with Gasteiger partial charge in [-0.1, -0.05) is 24.3 Å². The minimum absolute atomic E-state index is 0.0449. The van der Waals surface area contributed by atoms with Gasteiger partial charge in [-0.05, 0) is 12.1 Å². The Balaban J connectivity index is 1.88. The van der Waals surface area contributed by atoms with Crippen molar-refractivity contribution in [2.75, 3.05) is 10.7 Å². The highest BCUT2D eigenvalue weighted by atomic mass is 16.6. The van der Waals surface area contributed by atoms with E-state index < -0.39 is 4.92 Å². The van der Waals surface area contributed by atoms with Crippen molar-refractivity contribution in [2.45, 2.75) is 0 Å². The molecular formula is C14H10N4O3. The van der Waals surface area contributed by atoms with Crippen LogP contribution in [0.5, 0.6) is 0 Å². The normalized spacial score (nSPS) is 14.7. The van der Waals surface area contributed by atoms with E-state index in [2.05, 4.69) is 15.8 Å². The quantitative estimate of drug-likeness (QED) is 0.667. The lowest BCUT2D eigenvalue weighted by Crippen LogP contribution is -2.15. The van der Waals surface area contributed by atoms with E-state index in [4.69, 9.17) is 0 Å². The molecule has 2 aromatic rings. The minimum atomic E-state index is -0.490. The summed E-state index contributed by atoms with van der Waals surface area (Å²) in [5.41, 5.74) is 4.71. The standard InChI is InChI=1S/C14H10N4O3/c19-14-13(11-6-1-2-7-12(11)15-14)17-16-9-4-3-5-10(8-9)18(20)21/h1-8,16H,(H,15,17,19). The molecule has 7 heteroatoms. The second-order valence-electron chi connectivity index (χ2n) is 4.38. The number of amides is 1. The van der Waals surface area contributed by atoms with Crippen LogP contribution in [0.4, 0.5) is 17.1 Å². The molecule has 1 amide bonds. The van der Waals surface area contributed by atoms with Crippen molar-refractivity contribution in [3.8, 4) is 0 Å². The zero-order chi connectivity index (χ0) is 14.8. The maximum absolute atomic E-state index is 11.8. The molecule has 2 N–H and O–H groups in total. The topological polar surface area (TPSA) is 96.6 Å². The summed E-state index contributed by atoms with van der Waals surface area (Å²) in [7, 11) is 0. The van der Waals surface area contributed by atoms with Gasteiger partial charge in [0.05, 0.1) is 16.3 Å². The fourth-order valence-electron chi connectivity index (χ4n) is 2.02. The van der Waals surface area contributed by atoms with E-state index in [9.17, 15) is 14.9 Å². The number of nitro benzene ring substituents is 1. The summed E-state index contributed by atoms with van der Waals surface area (Å²) < 4.78 is 0. The van der Waals surface area contributed by atoms with Crippen LogP contribution in [-0.2, 0) is 4.79 Å². The second-order valence-corrected chi connectivity index (χ2v) is 4.38. The Kier molecular flexibility index (Phi) is 3.07. The zero-order valence-electron chi connectivity index (χ0n) is 10.7. The lowest BCUT2D eigenvalue weighted by Gasteiger charge is -2.01. The van der Waals surface area contributed by atoms with Gasteiger partial charge in [0.15, 0.2) is 5.71 Å². The first-order chi connectivity index (χ1) is 10.1. The summed E-state index contributed by atoms with van der Waals surface area (Å²) in [5, 5.41) is 17.5. The summed E-state index contributed by atoms with van der Waals surface area (Å²) in [6, 6.07) is 13.1. The fourth-order valence-corrected chi connectivity index (χ4v) is 2.02. The lowest BCUT2D eigenvalue weighted by atomic mass is 10.1. The van der Waals surface area contributed by atoms with Gasteiger partial charge in [0.1, 0.15) is 0 Å². The maximum Gasteiger partial charge on any atom is 0.276 e. The average molecular weight is 282 g/mol. The van der Waals surface area contributed by atoms with Crippen LogP contribution in [-0.4, -0.2) is 16.5 Å². The number of nitrogens with zero attached hydrogens (tertiary/aromatic N) is 2. The van der Waals surface area contributed by atoms with Gasteiger partial charge in [-0.25, -0.2) is 0 Å². The Labute approximate surface area is 119 Å². The van der Waals surface area contributed by atoms with Gasteiger partial charge < -0.3 is 5.32 Å². The van der Waals surface area contributed by atoms with Gasteiger partial charge in [0.2, 0.25) is 0 Å². The van der Waals surface area contributed by atoms with Crippen LogP contribution in [0.15, 0.2) is 53.6 Å². The number of hydrazone groups is 1. The van der Waals surface area contributed by atoms with Crippen molar-refractivity contribution in [3.63, 3.8) is 0 Å². The molecule has 1 aliphatic rings.